The summed E-state index contributed by atoms with van der Waals surface area (Å²) in [5.74, 6) is 0.910. The standard InChI is InChI=1S/C11H16BrN3/c1-11(2,15-5-3-4-6-15)10-13-7-9(12)8-14-10/h7-8H,3-6H2,1-2H3. The zero-order valence-electron chi connectivity index (χ0n) is 9.20. The van der Waals surface area contributed by atoms with E-state index < -0.39 is 0 Å². The summed E-state index contributed by atoms with van der Waals surface area (Å²) in [6.45, 7) is 6.71. The Labute approximate surface area is 99.0 Å². The first-order valence-corrected chi connectivity index (χ1v) is 6.13. The lowest BCUT2D eigenvalue weighted by Crippen LogP contribution is -2.40. The number of aromatic nitrogens is 2. The van der Waals surface area contributed by atoms with Crippen LogP contribution in [-0.2, 0) is 5.54 Å². The van der Waals surface area contributed by atoms with E-state index >= 15 is 0 Å². The van der Waals surface area contributed by atoms with E-state index in [1.54, 1.807) is 0 Å². The van der Waals surface area contributed by atoms with Gasteiger partial charge in [-0.25, -0.2) is 9.97 Å². The molecule has 0 aliphatic carbocycles. The van der Waals surface area contributed by atoms with Gasteiger partial charge in [0.2, 0.25) is 0 Å². The van der Waals surface area contributed by atoms with Crippen LogP contribution in [0.1, 0.15) is 32.5 Å². The fourth-order valence-electron chi connectivity index (χ4n) is 2.05. The number of hydrogen-bond donors (Lipinski definition) is 0. The molecular weight excluding hydrogens is 254 g/mol. The fourth-order valence-corrected chi connectivity index (χ4v) is 2.25. The van der Waals surface area contributed by atoms with E-state index in [0.29, 0.717) is 0 Å². The topological polar surface area (TPSA) is 29.0 Å². The first-order valence-electron chi connectivity index (χ1n) is 5.34. The summed E-state index contributed by atoms with van der Waals surface area (Å²) in [4.78, 5) is 11.2. The van der Waals surface area contributed by atoms with E-state index in [0.717, 1.165) is 23.4 Å². The molecule has 1 aromatic heterocycles. The zero-order valence-corrected chi connectivity index (χ0v) is 10.8. The summed E-state index contributed by atoms with van der Waals surface area (Å²) in [6.07, 6.45) is 6.22. The van der Waals surface area contributed by atoms with Crippen LogP contribution in [0.3, 0.4) is 0 Å². The second-order valence-corrected chi connectivity index (χ2v) is 5.39. The Morgan fingerprint density at radius 2 is 1.73 bits per heavy atom. The van der Waals surface area contributed by atoms with Crippen LogP contribution in [0.15, 0.2) is 16.9 Å². The zero-order chi connectivity index (χ0) is 10.9. The minimum atomic E-state index is -0.0444. The molecule has 0 aromatic carbocycles. The Balaban J connectivity index is 2.23. The van der Waals surface area contributed by atoms with Gasteiger partial charge in [-0.2, -0.15) is 0 Å². The van der Waals surface area contributed by atoms with Gasteiger partial charge in [0.1, 0.15) is 5.82 Å². The van der Waals surface area contributed by atoms with Crippen LogP contribution in [0, 0.1) is 0 Å². The van der Waals surface area contributed by atoms with Gasteiger partial charge in [-0.05, 0) is 55.7 Å². The highest BCUT2D eigenvalue weighted by molar-refractivity contribution is 9.10. The van der Waals surface area contributed by atoms with Gasteiger partial charge in [0, 0.05) is 12.4 Å². The van der Waals surface area contributed by atoms with Gasteiger partial charge in [-0.15, -0.1) is 0 Å². The molecule has 0 unspecified atom stereocenters. The van der Waals surface area contributed by atoms with Crippen molar-refractivity contribution >= 4 is 15.9 Å². The molecule has 0 N–H and O–H groups in total. The maximum atomic E-state index is 4.39. The van der Waals surface area contributed by atoms with E-state index in [2.05, 4.69) is 44.6 Å². The van der Waals surface area contributed by atoms with Crippen molar-refractivity contribution in [2.24, 2.45) is 0 Å². The predicted octanol–water partition coefficient (Wildman–Crippen LogP) is 2.57. The third kappa shape index (κ3) is 2.21. The summed E-state index contributed by atoms with van der Waals surface area (Å²) < 4.78 is 0.934. The first-order chi connectivity index (χ1) is 7.10. The maximum Gasteiger partial charge on any atom is 0.147 e. The highest BCUT2D eigenvalue weighted by atomic mass is 79.9. The van der Waals surface area contributed by atoms with Crippen molar-refractivity contribution in [3.63, 3.8) is 0 Å². The average molecular weight is 270 g/mol. The van der Waals surface area contributed by atoms with Crippen LogP contribution in [0.4, 0.5) is 0 Å². The Bertz CT molecular complexity index is 328. The number of nitrogens with zero attached hydrogens (tertiary/aromatic N) is 3. The largest absolute Gasteiger partial charge is 0.291 e. The van der Waals surface area contributed by atoms with E-state index in [1.807, 2.05) is 12.4 Å². The molecule has 15 heavy (non-hydrogen) atoms. The molecular formula is C11H16BrN3. The van der Waals surface area contributed by atoms with E-state index in [9.17, 15) is 0 Å². The number of likely N-dealkylation sites (tertiary alicyclic amines) is 1. The highest BCUT2D eigenvalue weighted by Gasteiger charge is 2.32. The maximum absolute atomic E-state index is 4.39. The number of hydrogen-bond acceptors (Lipinski definition) is 3. The SMILES string of the molecule is CC(C)(c1ncc(Br)cn1)N1CCCC1. The molecule has 0 spiro atoms. The van der Waals surface area contributed by atoms with Gasteiger partial charge in [-0.1, -0.05) is 0 Å². The minimum Gasteiger partial charge on any atom is -0.291 e. The van der Waals surface area contributed by atoms with Gasteiger partial charge in [0.05, 0.1) is 10.0 Å². The smallest absolute Gasteiger partial charge is 0.147 e. The van der Waals surface area contributed by atoms with Gasteiger partial charge in [0.25, 0.3) is 0 Å². The van der Waals surface area contributed by atoms with E-state index in [1.165, 1.54) is 12.8 Å². The molecule has 0 radical (unpaired) electrons. The Morgan fingerprint density at radius 1 is 1.20 bits per heavy atom. The van der Waals surface area contributed by atoms with Crippen LogP contribution in [0.25, 0.3) is 0 Å². The normalized spacial score (nSPS) is 18.3. The van der Waals surface area contributed by atoms with Crippen LogP contribution >= 0.6 is 15.9 Å². The highest BCUT2D eigenvalue weighted by Crippen LogP contribution is 2.28. The summed E-state index contributed by atoms with van der Waals surface area (Å²) >= 11 is 3.36. The molecule has 1 fully saturated rings. The molecule has 0 amide bonds. The van der Waals surface area contributed by atoms with Gasteiger partial charge >= 0.3 is 0 Å². The monoisotopic (exact) mass is 269 g/mol. The third-order valence-electron chi connectivity index (χ3n) is 3.06. The van der Waals surface area contributed by atoms with E-state index in [4.69, 9.17) is 0 Å². The van der Waals surface area contributed by atoms with Crippen LogP contribution in [-0.4, -0.2) is 28.0 Å². The quantitative estimate of drug-likeness (QED) is 0.827. The third-order valence-corrected chi connectivity index (χ3v) is 3.47. The molecule has 82 valence electrons. The summed E-state index contributed by atoms with van der Waals surface area (Å²) in [5.41, 5.74) is -0.0444. The molecule has 2 rings (SSSR count). The Morgan fingerprint density at radius 3 is 2.27 bits per heavy atom. The molecule has 1 aliphatic heterocycles. The summed E-state index contributed by atoms with van der Waals surface area (Å²) in [5, 5.41) is 0. The fraction of sp³-hybridized carbons (Fsp3) is 0.636. The molecule has 1 saturated heterocycles. The van der Waals surface area contributed by atoms with Crippen molar-refractivity contribution < 1.29 is 0 Å². The van der Waals surface area contributed by atoms with Gasteiger partial charge < -0.3 is 0 Å². The van der Waals surface area contributed by atoms with Gasteiger partial charge in [0.15, 0.2) is 0 Å². The lowest BCUT2D eigenvalue weighted by atomic mass is 10.0. The molecule has 3 nitrogen and oxygen atoms in total. The van der Waals surface area contributed by atoms with Gasteiger partial charge in [-0.3, -0.25) is 4.90 Å². The minimum absolute atomic E-state index is 0.0444. The van der Waals surface area contributed by atoms with Crippen molar-refractivity contribution in [3.05, 3.63) is 22.7 Å². The molecule has 0 atom stereocenters. The van der Waals surface area contributed by atoms with E-state index in [-0.39, 0.29) is 5.54 Å². The Kier molecular flexibility index (Phi) is 3.07. The number of halogens is 1. The van der Waals surface area contributed by atoms with Crippen LogP contribution < -0.4 is 0 Å². The summed E-state index contributed by atoms with van der Waals surface area (Å²) in [7, 11) is 0. The lowest BCUT2D eigenvalue weighted by Gasteiger charge is -2.33. The van der Waals surface area contributed by atoms with Crippen LogP contribution in [0.2, 0.25) is 0 Å². The van der Waals surface area contributed by atoms with Crippen molar-refractivity contribution in [3.8, 4) is 0 Å². The molecule has 1 aromatic rings. The predicted molar refractivity (Wildman–Crippen MR) is 63.6 cm³/mol. The molecule has 4 heteroatoms. The Hall–Kier alpha value is -0.480. The summed E-state index contributed by atoms with van der Waals surface area (Å²) in [6, 6.07) is 0. The average Bonchev–Trinajstić information content (AvgIpc) is 2.71. The second-order valence-electron chi connectivity index (χ2n) is 4.48. The van der Waals surface area contributed by atoms with Crippen molar-refractivity contribution in [2.45, 2.75) is 32.2 Å². The molecule has 2 heterocycles. The molecule has 1 aliphatic rings. The second kappa shape index (κ2) is 4.18. The van der Waals surface area contributed by atoms with Crippen molar-refractivity contribution in [1.82, 2.24) is 14.9 Å². The molecule has 0 saturated carbocycles. The first kappa shape index (κ1) is 11.0. The number of rotatable bonds is 2. The van der Waals surface area contributed by atoms with Crippen LogP contribution in [0.5, 0.6) is 0 Å². The van der Waals surface area contributed by atoms with Crippen molar-refractivity contribution in [2.75, 3.05) is 13.1 Å². The lowest BCUT2D eigenvalue weighted by molar-refractivity contribution is 0.145. The van der Waals surface area contributed by atoms with Crippen molar-refractivity contribution in [1.29, 1.82) is 0 Å². The molecule has 0 bridgehead atoms.